The monoisotopic (exact) mass is 768 g/mol. The third kappa shape index (κ3) is 16.6. The van der Waals surface area contributed by atoms with Crippen LogP contribution in [0.3, 0.4) is 0 Å². The minimum Gasteiger partial charge on any atom is -0.495 e. The second kappa shape index (κ2) is 23.0. The van der Waals surface area contributed by atoms with E-state index in [9.17, 15) is 18.9 Å². The Kier molecular flexibility index (Phi) is 20.0. The summed E-state index contributed by atoms with van der Waals surface area (Å²) in [5.74, 6) is 1.21. The number of likely N-dealkylation sites (N-methyl/N-ethyl adjacent to an activating group) is 2. The number of ether oxygens (including phenoxy) is 4. The molecule has 0 radical (unpaired) electrons. The van der Waals surface area contributed by atoms with Gasteiger partial charge in [0.2, 0.25) is 0 Å². The number of nitrogens with zero attached hydrogens (tertiary/aromatic N) is 7. The Balaban J connectivity index is 2.05. The van der Waals surface area contributed by atoms with Crippen LogP contribution in [0.5, 0.6) is 5.75 Å². The zero-order valence-corrected chi connectivity index (χ0v) is 33.3. The zero-order chi connectivity index (χ0) is 37.9. The van der Waals surface area contributed by atoms with E-state index in [0.29, 0.717) is 105 Å². The number of thiol groups is 1. The lowest BCUT2D eigenvalue weighted by molar-refractivity contribution is -0.890. The molecular formula is C34H54N7O7S3+. The van der Waals surface area contributed by atoms with Crippen LogP contribution in [-0.4, -0.2) is 141 Å². The lowest BCUT2D eigenvalue weighted by Gasteiger charge is -2.30. The Labute approximate surface area is 313 Å². The molecule has 0 amide bonds. The van der Waals surface area contributed by atoms with Crippen molar-refractivity contribution in [3.05, 3.63) is 33.7 Å². The summed E-state index contributed by atoms with van der Waals surface area (Å²) in [6, 6.07) is 8.05. The zero-order valence-electron chi connectivity index (χ0n) is 30.8. The Morgan fingerprint density at radius 3 is 2.16 bits per heavy atom. The highest BCUT2D eigenvalue weighted by molar-refractivity contribution is 7.85. The van der Waals surface area contributed by atoms with E-state index in [1.54, 1.807) is 14.0 Å². The average molecular weight is 769 g/mol. The molecule has 0 aliphatic rings. The van der Waals surface area contributed by atoms with Crippen molar-refractivity contribution in [1.82, 2.24) is 4.90 Å². The van der Waals surface area contributed by atoms with Crippen LogP contribution >= 0.6 is 24.0 Å². The van der Waals surface area contributed by atoms with Gasteiger partial charge in [-0.15, -0.1) is 21.6 Å². The SMILES string of the molecule is COc1cc(N=Nc2sc(C#N)c(C)c2C#N)c(C)cc1N(CCOCCOCCN(C)CCCS(=O)(=O)O)CCOCC[N+](C)(C)CCCS. The molecule has 0 spiro atoms. The fraction of sp³-hybridized carbons (Fsp3) is 0.647. The Morgan fingerprint density at radius 2 is 1.57 bits per heavy atom. The number of hydrogen-bond donors (Lipinski definition) is 2. The number of anilines is 1. The van der Waals surface area contributed by atoms with Gasteiger partial charge < -0.3 is 33.2 Å². The summed E-state index contributed by atoms with van der Waals surface area (Å²) in [4.78, 5) is 4.55. The standard InChI is InChI=1S/C34H53N7O7S3/c1-27-23-31(32(45-6)24-30(27)37-38-34-29(25-35)28(2)33(26-36)50-34)40(11-16-46-18-14-41(4,5)13-8-21-49)12-17-48-20-19-47-15-10-39(3)9-7-22-51(42,43)44/h23-24H,7-22H2,1-6H3,(H-,42,43,44,49)/p+1. The maximum atomic E-state index is 10.9. The number of hydrogen-bond acceptors (Lipinski definition) is 14. The fourth-order valence-corrected chi connectivity index (χ4v) is 6.50. The van der Waals surface area contributed by atoms with Crippen molar-refractivity contribution in [3.63, 3.8) is 0 Å². The first-order chi connectivity index (χ1) is 24.2. The van der Waals surface area contributed by atoms with Crippen LogP contribution in [0.15, 0.2) is 22.4 Å². The van der Waals surface area contributed by atoms with Gasteiger partial charge in [-0.2, -0.15) is 31.6 Å². The number of nitriles is 2. The summed E-state index contributed by atoms with van der Waals surface area (Å²) >= 11 is 5.48. The van der Waals surface area contributed by atoms with Gasteiger partial charge in [-0.3, -0.25) is 4.55 Å². The van der Waals surface area contributed by atoms with E-state index in [1.807, 2.05) is 31.0 Å². The molecule has 0 unspecified atom stereocenters. The van der Waals surface area contributed by atoms with Gasteiger partial charge in [0.1, 0.15) is 29.3 Å². The van der Waals surface area contributed by atoms with Gasteiger partial charge >= 0.3 is 0 Å². The van der Waals surface area contributed by atoms with Gasteiger partial charge in [0.15, 0.2) is 5.00 Å². The summed E-state index contributed by atoms with van der Waals surface area (Å²) in [6.07, 6.45) is 1.40. The number of aryl methyl sites for hydroxylation is 1. The minimum atomic E-state index is -3.94. The van der Waals surface area contributed by atoms with E-state index in [1.165, 1.54) is 0 Å². The van der Waals surface area contributed by atoms with Crippen LogP contribution in [-0.2, 0) is 24.3 Å². The third-order valence-corrected chi connectivity index (χ3v) is 10.3. The summed E-state index contributed by atoms with van der Waals surface area (Å²) in [5.41, 5.74) is 3.25. The highest BCUT2D eigenvalue weighted by Gasteiger charge is 2.18. The molecule has 0 atom stereocenters. The van der Waals surface area contributed by atoms with Crippen LogP contribution in [0.25, 0.3) is 0 Å². The second-order valence-corrected chi connectivity index (χ2v) is 15.7. The number of azo groups is 1. The predicted octanol–water partition coefficient (Wildman–Crippen LogP) is 4.99. The van der Waals surface area contributed by atoms with Gasteiger partial charge in [-0.25, -0.2) is 0 Å². The molecule has 14 nitrogen and oxygen atoms in total. The number of rotatable bonds is 26. The van der Waals surface area contributed by atoms with Crippen molar-refractivity contribution < 1.29 is 36.4 Å². The van der Waals surface area contributed by atoms with E-state index >= 15 is 0 Å². The molecule has 0 bridgehead atoms. The molecule has 0 saturated carbocycles. The fourth-order valence-electron chi connectivity index (χ4n) is 4.98. The summed E-state index contributed by atoms with van der Waals surface area (Å²) in [5, 5.41) is 28.1. The molecule has 17 heteroatoms. The lowest BCUT2D eigenvalue weighted by atomic mass is 10.1. The van der Waals surface area contributed by atoms with E-state index in [4.69, 9.17) is 23.5 Å². The maximum absolute atomic E-state index is 10.9. The van der Waals surface area contributed by atoms with Crippen molar-refractivity contribution in [2.24, 2.45) is 10.2 Å². The van der Waals surface area contributed by atoms with Crippen molar-refractivity contribution in [1.29, 1.82) is 10.5 Å². The van der Waals surface area contributed by atoms with Crippen molar-refractivity contribution >= 4 is 50.5 Å². The number of benzene rings is 1. The Morgan fingerprint density at radius 1 is 0.922 bits per heavy atom. The van der Waals surface area contributed by atoms with Gasteiger partial charge in [0.25, 0.3) is 10.1 Å². The molecule has 0 saturated heterocycles. The molecule has 0 fully saturated rings. The highest BCUT2D eigenvalue weighted by Crippen LogP contribution is 2.38. The molecular weight excluding hydrogens is 715 g/mol. The van der Waals surface area contributed by atoms with Crippen molar-refractivity contribution in [2.45, 2.75) is 26.7 Å². The third-order valence-electron chi connectivity index (χ3n) is 8.13. The van der Waals surface area contributed by atoms with Gasteiger partial charge in [-0.1, -0.05) is 0 Å². The van der Waals surface area contributed by atoms with Gasteiger partial charge in [0, 0.05) is 32.1 Å². The van der Waals surface area contributed by atoms with Crippen LogP contribution in [0.4, 0.5) is 16.4 Å². The van der Waals surface area contributed by atoms with Crippen LogP contribution in [0.1, 0.15) is 34.4 Å². The van der Waals surface area contributed by atoms with E-state index in [0.717, 1.165) is 52.3 Å². The minimum absolute atomic E-state index is 0.255. The lowest BCUT2D eigenvalue weighted by Crippen LogP contribution is -2.43. The second-order valence-electron chi connectivity index (χ2n) is 12.7. The highest BCUT2D eigenvalue weighted by atomic mass is 32.2. The molecule has 1 aromatic carbocycles. The summed E-state index contributed by atoms with van der Waals surface area (Å²) in [6.45, 7) is 10.8. The number of thiophene rings is 1. The normalized spacial score (nSPS) is 12.1. The molecule has 2 rings (SSSR count). The first-order valence-corrected chi connectivity index (χ1v) is 19.9. The molecule has 284 valence electrons. The van der Waals surface area contributed by atoms with Crippen LogP contribution in [0.2, 0.25) is 0 Å². The van der Waals surface area contributed by atoms with E-state index < -0.39 is 10.1 Å². The Bertz CT molecular complexity index is 1590. The largest absolute Gasteiger partial charge is 0.495 e. The van der Waals surface area contributed by atoms with Crippen LogP contribution < -0.4 is 9.64 Å². The van der Waals surface area contributed by atoms with E-state index in [-0.39, 0.29) is 5.75 Å². The summed E-state index contributed by atoms with van der Waals surface area (Å²) in [7, 11) is 3.92. The first-order valence-electron chi connectivity index (χ1n) is 16.8. The van der Waals surface area contributed by atoms with Gasteiger partial charge in [0.05, 0.1) is 90.1 Å². The molecule has 1 aromatic heterocycles. The number of methoxy groups -OCH3 is 1. The average Bonchev–Trinajstić information content (AvgIpc) is 3.39. The smallest absolute Gasteiger partial charge is 0.264 e. The molecule has 51 heavy (non-hydrogen) atoms. The molecule has 0 aliphatic carbocycles. The Hall–Kier alpha value is -2.84. The van der Waals surface area contributed by atoms with E-state index in [2.05, 4.69) is 54.0 Å². The number of quaternary nitrogens is 1. The van der Waals surface area contributed by atoms with Crippen molar-refractivity contribution in [3.8, 4) is 17.9 Å². The molecule has 1 heterocycles. The predicted molar refractivity (Wildman–Crippen MR) is 204 cm³/mol. The van der Waals surface area contributed by atoms with Crippen molar-refractivity contribution in [2.75, 3.05) is 124 Å². The topological polar surface area (TPSA) is 170 Å². The molecule has 1 N–H and O–H groups in total. The quantitative estimate of drug-likeness (QED) is 0.0435. The molecule has 2 aromatic rings. The first kappa shape index (κ1) is 44.3. The molecule has 0 aliphatic heterocycles. The van der Waals surface area contributed by atoms with Crippen LogP contribution in [0, 0.1) is 36.5 Å². The van der Waals surface area contributed by atoms with Gasteiger partial charge in [-0.05, 0) is 56.8 Å². The summed E-state index contributed by atoms with van der Waals surface area (Å²) < 4.78 is 55.0. The maximum Gasteiger partial charge on any atom is 0.264 e.